The molecule has 4 heteroatoms. The van der Waals surface area contributed by atoms with Crippen LogP contribution in [0.3, 0.4) is 0 Å². The Bertz CT molecular complexity index is 515. The van der Waals surface area contributed by atoms with Crippen molar-refractivity contribution in [3.8, 4) is 0 Å². The predicted octanol–water partition coefficient (Wildman–Crippen LogP) is 3.70. The normalized spacial score (nSPS) is 12.8. The van der Waals surface area contributed by atoms with Crippen molar-refractivity contribution in [1.82, 2.24) is 0 Å². The highest BCUT2D eigenvalue weighted by molar-refractivity contribution is 5.93. The Labute approximate surface area is 120 Å². The van der Waals surface area contributed by atoms with Gasteiger partial charge >= 0.3 is 5.97 Å². The molecule has 1 aromatic carbocycles. The standard InChI is InChI=1S/C16H23NO3/c1-10-8-12(15(19)20)6-7-13(10)17-14(18)9-11(2)16(3,4)5/h6-8,11H,9H2,1-5H3,(H,17,18)(H,19,20). The molecule has 4 nitrogen and oxygen atoms in total. The van der Waals surface area contributed by atoms with Gasteiger partial charge in [0, 0.05) is 12.1 Å². The van der Waals surface area contributed by atoms with Gasteiger partial charge in [0.25, 0.3) is 0 Å². The average Bonchev–Trinajstić information content (AvgIpc) is 2.30. The zero-order valence-electron chi connectivity index (χ0n) is 12.8. The van der Waals surface area contributed by atoms with Crippen molar-refractivity contribution in [1.29, 1.82) is 0 Å². The molecule has 0 spiro atoms. The number of benzene rings is 1. The number of anilines is 1. The summed E-state index contributed by atoms with van der Waals surface area (Å²) in [7, 11) is 0. The minimum absolute atomic E-state index is 0.0430. The average molecular weight is 277 g/mol. The van der Waals surface area contributed by atoms with Crippen molar-refractivity contribution in [2.45, 2.75) is 41.0 Å². The van der Waals surface area contributed by atoms with E-state index in [1.54, 1.807) is 19.1 Å². The molecular weight excluding hydrogens is 254 g/mol. The second kappa shape index (κ2) is 6.07. The Morgan fingerprint density at radius 1 is 1.30 bits per heavy atom. The van der Waals surface area contributed by atoms with E-state index in [4.69, 9.17) is 5.11 Å². The van der Waals surface area contributed by atoms with Gasteiger partial charge in [-0.05, 0) is 42.0 Å². The van der Waals surface area contributed by atoms with Crippen LogP contribution in [0, 0.1) is 18.3 Å². The summed E-state index contributed by atoms with van der Waals surface area (Å²) in [4.78, 5) is 22.9. The Morgan fingerprint density at radius 2 is 1.90 bits per heavy atom. The Morgan fingerprint density at radius 3 is 2.35 bits per heavy atom. The minimum atomic E-state index is -0.965. The topological polar surface area (TPSA) is 66.4 Å². The van der Waals surface area contributed by atoms with E-state index in [-0.39, 0.29) is 22.8 Å². The summed E-state index contributed by atoms with van der Waals surface area (Å²) in [6.45, 7) is 10.2. The summed E-state index contributed by atoms with van der Waals surface area (Å²) in [5.41, 5.74) is 1.73. The van der Waals surface area contributed by atoms with E-state index in [1.165, 1.54) is 6.07 Å². The van der Waals surface area contributed by atoms with Gasteiger partial charge in [-0.25, -0.2) is 4.79 Å². The first kappa shape index (κ1) is 16.2. The molecule has 110 valence electrons. The van der Waals surface area contributed by atoms with E-state index in [9.17, 15) is 9.59 Å². The lowest BCUT2D eigenvalue weighted by atomic mass is 9.80. The number of carboxylic acid groups (broad SMARTS) is 1. The molecule has 1 aromatic rings. The second-order valence-corrected chi connectivity index (χ2v) is 6.35. The monoisotopic (exact) mass is 277 g/mol. The molecule has 0 heterocycles. The summed E-state index contributed by atoms with van der Waals surface area (Å²) >= 11 is 0. The molecule has 1 unspecified atom stereocenters. The molecule has 0 aromatic heterocycles. The van der Waals surface area contributed by atoms with E-state index < -0.39 is 5.97 Å². The molecule has 0 fully saturated rings. The van der Waals surface area contributed by atoms with Crippen LogP contribution >= 0.6 is 0 Å². The van der Waals surface area contributed by atoms with E-state index >= 15 is 0 Å². The molecule has 0 bridgehead atoms. The molecule has 0 aliphatic heterocycles. The predicted molar refractivity (Wildman–Crippen MR) is 80.0 cm³/mol. The smallest absolute Gasteiger partial charge is 0.335 e. The number of hydrogen-bond acceptors (Lipinski definition) is 2. The molecule has 0 aliphatic carbocycles. The van der Waals surface area contributed by atoms with Gasteiger partial charge in [0.15, 0.2) is 0 Å². The quantitative estimate of drug-likeness (QED) is 0.881. The lowest BCUT2D eigenvalue weighted by Crippen LogP contribution is -2.24. The fourth-order valence-electron chi connectivity index (χ4n) is 1.72. The third kappa shape index (κ3) is 4.37. The van der Waals surface area contributed by atoms with E-state index in [2.05, 4.69) is 33.0 Å². The summed E-state index contributed by atoms with van der Waals surface area (Å²) in [6.07, 6.45) is 0.448. The number of carboxylic acids is 1. The highest BCUT2D eigenvalue weighted by Gasteiger charge is 2.22. The van der Waals surface area contributed by atoms with Crippen LogP contribution in [0.25, 0.3) is 0 Å². The van der Waals surface area contributed by atoms with Crippen LogP contribution in [0.1, 0.15) is 50.0 Å². The SMILES string of the molecule is Cc1cc(C(=O)O)ccc1NC(=O)CC(C)C(C)(C)C. The molecule has 20 heavy (non-hydrogen) atoms. The Hall–Kier alpha value is -1.84. The van der Waals surface area contributed by atoms with Crippen LogP contribution < -0.4 is 5.32 Å². The first-order valence-electron chi connectivity index (χ1n) is 6.75. The van der Waals surface area contributed by atoms with E-state index in [1.807, 2.05) is 0 Å². The maximum atomic E-state index is 12.0. The summed E-state index contributed by atoms with van der Waals surface area (Å²) in [5.74, 6) is -0.743. The van der Waals surface area contributed by atoms with Crippen molar-refractivity contribution in [3.05, 3.63) is 29.3 Å². The van der Waals surface area contributed by atoms with Crippen molar-refractivity contribution in [3.63, 3.8) is 0 Å². The number of amides is 1. The van der Waals surface area contributed by atoms with E-state index in [0.717, 1.165) is 5.56 Å². The number of aryl methyl sites for hydroxylation is 1. The van der Waals surface area contributed by atoms with Crippen molar-refractivity contribution < 1.29 is 14.7 Å². The zero-order valence-corrected chi connectivity index (χ0v) is 12.8. The zero-order chi connectivity index (χ0) is 15.5. The molecule has 2 N–H and O–H groups in total. The van der Waals surface area contributed by atoms with Crippen LogP contribution in [0.5, 0.6) is 0 Å². The van der Waals surface area contributed by atoms with Gasteiger partial charge in [-0.2, -0.15) is 0 Å². The molecular formula is C16H23NO3. The highest BCUT2D eigenvalue weighted by Crippen LogP contribution is 2.28. The lowest BCUT2D eigenvalue weighted by molar-refractivity contribution is -0.117. The number of hydrogen-bond donors (Lipinski definition) is 2. The van der Waals surface area contributed by atoms with Gasteiger partial charge in [-0.1, -0.05) is 27.7 Å². The second-order valence-electron chi connectivity index (χ2n) is 6.35. The maximum absolute atomic E-state index is 12.0. The maximum Gasteiger partial charge on any atom is 0.335 e. The molecule has 0 saturated carbocycles. The Balaban J connectivity index is 2.74. The molecule has 1 amide bonds. The van der Waals surface area contributed by atoms with Gasteiger partial charge in [0.05, 0.1) is 5.56 Å². The Kier molecular flexibility index (Phi) is 4.93. The van der Waals surface area contributed by atoms with Crippen LogP contribution in [-0.2, 0) is 4.79 Å². The van der Waals surface area contributed by atoms with Crippen LogP contribution in [-0.4, -0.2) is 17.0 Å². The number of carbonyl (C=O) groups is 2. The van der Waals surface area contributed by atoms with Gasteiger partial charge in [0.2, 0.25) is 5.91 Å². The van der Waals surface area contributed by atoms with Crippen LogP contribution in [0.2, 0.25) is 0 Å². The summed E-state index contributed by atoms with van der Waals surface area (Å²) < 4.78 is 0. The third-order valence-corrected chi connectivity index (χ3v) is 3.72. The van der Waals surface area contributed by atoms with Gasteiger partial charge in [-0.3, -0.25) is 4.79 Å². The fraction of sp³-hybridized carbons (Fsp3) is 0.500. The minimum Gasteiger partial charge on any atom is -0.478 e. The van der Waals surface area contributed by atoms with Crippen LogP contribution in [0.15, 0.2) is 18.2 Å². The van der Waals surface area contributed by atoms with Crippen LogP contribution in [0.4, 0.5) is 5.69 Å². The van der Waals surface area contributed by atoms with Gasteiger partial charge < -0.3 is 10.4 Å². The van der Waals surface area contributed by atoms with Crippen molar-refractivity contribution in [2.24, 2.45) is 11.3 Å². The number of nitrogens with one attached hydrogen (secondary N) is 1. The lowest BCUT2D eigenvalue weighted by Gasteiger charge is -2.26. The number of rotatable bonds is 4. The molecule has 1 rings (SSSR count). The van der Waals surface area contributed by atoms with Gasteiger partial charge in [-0.15, -0.1) is 0 Å². The summed E-state index contributed by atoms with van der Waals surface area (Å²) in [6, 6.07) is 4.70. The number of carbonyl (C=O) groups excluding carboxylic acids is 1. The first-order valence-corrected chi connectivity index (χ1v) is 6.75. The third-order valence-electron chi connectivity index (χ3n) is 3.72. The number of aromatic carboxylic acids is 1. The summed E-state index contributed by atoms with van der Waals surface area (Å²) in [5, 5.41) is 11.8. The molecule has 0 saturated heterocycles. The molecule has 0 radical (unpaired) electrons. The molecule has 1 atom stereocenters. The van der Waals surface area contributed by atoms with Gasteiger partial charge in [0.1, 0.15) is 0 Å². The van der Waals surface area contributed by atoms with Crippen molar-refractivity contribution >= 4 is 17.6 Å². The highest BCUT2D eigenvalue weighted by atomic mass is 16.4. The largest absolute Gasteiger partial charge is 0.478 e. The van der Waals surface area contributed by atoms with Crippen molar-refractivity contribution in [2.75, 3.05) is 5.32 Å². The fourth-order valence-corrected chi connectivity index (χ4v) is 1.72. The van der Waals surface area contributed by atoms with E-state index in [0.29, 0.717) is 12.1 Å². The first-order chi connectivity index (χ1) is 9.11. The molecule has 0 aliphatic rings.